The monoisotopic (exact) mass is 733 g/mol. The quantitative estimate of drug-likeness (QED) is 0.0785. The average Bonchev–Trinajstić information content (AvgIpc) is 3.14. The molecule has 10 nitrogen and oxygen atoms in total. The number of hydrogen-bond acceptors (Lipinski definition) is 8. The molecule has 12 heteroatoms. The second-order valence-corrected chi connectivity index (χ2v) is 18.8. The largest absolute Gasteiger partial charge is 0.542 e. The molecule has 0 saturated heterocycles. The Hall–Kier alpha value is -4.52. The van der Waals surface area contributed by atoms with E-state index >= 15 is 0 Å². The summed E-state index contributed by atoms with van der Waals surface area (Å²) >= 11 is 0. The van der Waals surface area contributed by atoms with Crippen molar-refractivity contribution >= 4 is 35.6 Å². The number of amides is 1. The number of hydrogen-bond donors (Lipinski definition) is 2. The van der Waals surface area contributed by atoms with Gasteiger partial charge in [-0.15, -0.1) is 0 Å². The minimum Gasteiger partial charge on any atom is -0.542 e. The minimum atomic E-state index is -3.82. The van der Waals surface area contributed by atoms with E-state index in [1.807, 2.05) is 79.7 Å². The lowest BCUT2D eigenvalue weighted by atomic mass is 9.91. The number of rotatable bonds is 18. The summed E-state index contributed by atoms with van der Waals surface area (Å²) in [5.41, 5.74) is 10.5. The van der Waals surface area contributed by atoms with Crippen LogP contribution in [0.4, 0.5) is 11.4 Å². The number of carbonyl (C=O) groups excluding carboxylic acids is 1. The molecule has 0 saturated carbocycles. The lowest BCUT2D eigenvalue weighted by Crippen LogP contribution is -2.39. The number of carbonyl (C=O) groups is 1. The zero-order valence-corrected chi connectivity index (χ0v) is 32.6. The number of nitrogens with one attached hydrogen (secondary N) is 1. The van der Waals surface area contributed by atoms with E-state index in [0.29, 0.717) is 51.8 Å². The van der Waals surface area contributed by atoms with E-state index in [0.717, 1.165) is 35.5 Å². The van der Waals surface area contributed by atoms with Crippen molar-refractivity contribution in [3.8, 4) is 34.1 Å². The zero-order chi connectivity index (χ0) is 37.2. The third-order valence-corrected chi connectivity index (χ3v) is 14.3. The standard InChI is InChI=1S/C39H51N3O7SSi/c1-8-29-24-30(25-34(43)42(27-40)31-20-16-13-17-21-31)35(39(47-6)37(29)46-5)32-22-23-33(48-26-28-18-14-12-15-19-28)36(41-50(7,44)45)38(32)49-51(9-2,10-3)11-4/h12-24,41H,8-11,25-27,40H2,1-7H3. The van der Waals surface area contributed by atoms with Crippen molar-refractivity contribution in [2.45, 2.75) is 65.3 Å². The summed E-state index contributed by atoms with van der Waals surface area (Å²) in [7, 11) is -3.16. The molecule has 274 valence electrons. The van der Waals surface area contributed by atoms with E-state index in [9.17, 15) is 13.2 Å². The third kappa shape index (κ3) is 9.24. The molecule has 1 amide bonds. The molecule has 4 rings (SSSR count). The number of aryl methyl sites for hydroxylation is 1. The number of anilines is 2. The summed E-state index contributed by atoms with van der Waals surface area (Å²) in [6.07, 6.45) is 1.67. The van der Waals surface area contributed by atoms with Crippen molar-refractivity contribution in [3.63, 3.8) is 0 Å². The molecule has 0 aliphatic carbocycles. The molecule has 4 aromatic rings. The van der Waals surface area contributed by atoms with Gasteiger partial charge in [-0.1, -0.05) is 82.3 Å². The SMILES string of the molecule is CCc1cc(CC(=O)N(CN)c2ccccc2)c(-c2ccc(OCc3ccccc3)c(NS(C)(=O)=O)c2O[Si](CC)(CC)CC)c(OC)c1OC. The van der Waals surface area contributed by atoms with Gasteiger partial charge in [0.05, 0.1) is 33.6 Å². The molecule has 0 aromatic heterocycles. The molecule has 0 spiro atoms. The van der Waals surface area contributed by atoms with Crippen LogP contribution in [0.25, 0.3) is 11.1 Å². The van der Waals surface area contributed by atoms with Gasteiger partial charge >= 0.3 is 0 Å². The number of sulfonamides is 1. The molecular weight excluding hydrogens is 683 g/mol. The lowest BCUT2D eigenvalue weighted by molar-refractivity contribution is -0.118. The first-order chi connectivity index (χ1) is 24.5. The van der Waals surface area contributed by atoms with Crippen molar-refractivity contribution in [1.82, 2.24) is 0 Å². The van der Waals surface area contributed by atoms with E-state index < -0.39 is 18.3 Å². The molecule has 51 heavy (non-hydrogen) atoms. The average molecular weight is 734 g/mol. The first-order valence-corrected chi connectivity index (χ1v) is 21.7. The Bertz CT molecular complexity index is 1880. The Kier molecular flexibility index (Phi) is 13.6. The Labute approximate surface area is 304 Å². The van der Waals surface area contributed by atoms with Crippen LogP contribution in [0.3, 0.4) is 0 Å². The van der Waals surface area contributed by atoms with Crippen molar-refractivity contribution in [3.05, 3.63) is 95.6 Å². The van der Waals surface area contributed by atoms with Crippen molar-refractivity contribution < 1.29 is 31.8 Å². The minimum absolute atomic E-state index is 0.0199. The van der Waals surface area contributed by atoms with E-state index in [4.69, 9.17) is 24.4 Å². The third-order valence-electron chi connectivity index (χ3n) is 9.24. The summed E-state index contributed by atoms with van der Waals surface area (Å²) in [5, 5.41) is 0. The predicted octanol–water partition coefficient (Wildman–Crippen LogP) is 7.76. The number of methoxy groups -OCH3 is 2. The van der Waals surface area contributed by atoms with Gasteiger partial charge in [-0.05, 0) is 65.5 Å². The maximum Gasteiger partial charge on any atom is 0.250 e. The lowest BCUT2D eigenvalue weighted by Gasteiger charge is -2.33. The van der Waals surface area contributed by atoms with Crippen LogP contribution in [-0.4, -0.2) is 49.8 Å². The summed E-state index contributed by atoms with van der Waals surface area (Å²) < 4.78 is 54.4. The highest BCUT2D eigenvalue weighted by Gasteiger charge is 2.36. The second-order valence-electron chi connectivity index (χ2n) is 12.3. The Morgan fingerprint density at radius 3 is 1.96 bits per heavy atom. The van der Waals surface area contributed by atoms with Gasteiger partial charge in [0.15, 0.2) is 11.5 Å². The van der Waals surface area contributed by atoms with Crippen LogP contribution in [-0.2, 0) is 34.3 Å². The number of para-hydroxylation sites is 1. The van der Waals surface area contributed by atoms with Gasteiger partial charge in [-0.25, -0.2) is 8.42 Å². The number of nitrogens with zero attached hydrogens (tertiary/aromatic N) is 1. The number of benzene rings is 4. The molecule has 4 aromatic carbocycles. The molecule has 0 atom stereocenters. The van der Waals surface area contributed by atoms with E-state index in [1.165, 1.54) is 4.90 Å². The molecule has 0 aliphatic rings. The van der Waals surface area contributed by atoms with Gasteiger partial charge in [0.1, 0.15) is 23.8 Å². The molecule has 0 bridgehead atoms. The summed E-state index contributed by atoms with van der Waals surface area (Å²) in [4.78, 5) is 15.6. The summed E-state index contributed by atoms with van der Waals surface area (Å²) in [6.45, 7) is 8.50. The van der Waals surface area contributed by atoms with Crippen LogP contribution >= 0.6 is 0 Å². The van der Waals surface area contributed by atoms with Gasteiger partial charge in [0.25, 0.3) is 8.32 Å². The van der Waals surface area contributed by atoms with Crippen LogP contribution in [0.1, 0.15) is 44.4 Å². The maximum atomic E-state index is 14.1. The second kappa shape index (κ2) is 17.6. The van der Waals surface area contributed by atoms with Crippen LogP contribution in [0.5, 0.6) is 23.0 Å². The highest BCUT2D eigenvalue weighted by atomic mass is 32.2. The smallest absolute Gasteiger partial charge is 0.250 e. The van der Waals surface area contributed by atoms with Crippen molar-refractivity contribution in [1.29, 1.82) is 0 Å². The van der Waals surface area contributed by atoms with Crippen LogP contribution in [0, 0.1) is 0 Å². The van der Waals surface area contributed by atoms with E-state index in [1.54, 1.807) is 20.3 Å². The predicted molar refractivity (Wildman–Crippen MR) is 208 cm³/mol. The number of nitrogens with two attached hydrogens (primary N) is 1. The van der Waals surface area contributed by atoms with Crippen LogP contribution in [0.2, 0.25) is 18.1 Å². The molecule has 0 aliphatic heterocycles. The molecule has 0 heterocycles. The Balaban J connectivity index is 2.06. The van der Waals surface area contributed by atoms with Gasteiger partial charge in [-0.3, -0.25) is 14.4 Å². The Morgan fingerprint density at radius 1 is 0.824 bits per heavy atom. The fraction of sp³-hybridized carbons (Fsp3) is 0.359. The van der Waals surface area contributed by atoms with E-state index in [-0.39, 0.29) is 31.3 Å². The van der Waals surface area contributed by atoms with Gasteiger partial charge in [-0.2, -0.15) is 0 Å². The fourth-order valence-corrected chi connectivity index (χ4v) is 9.42. The molecule has 0 unspecified atom stereocenters. The van der Waals surface area contributed by atoms with Crippen molar-refractivity contribution in [2.24, 2.45) is 5.73 Å². The normalized spacial score (nSPS) is 11.5. The van der Waals surface area contributed by atoms with Gasteiger partial charge < -0.3 is 24.4 Å². The molecule has 0 fully saturated rings. The highest BCUT2D eigenvalue weighted by Crippen LogP contribution is 2.52. The van der Waals surface area contributed by atoms with E-state index in [2.05, 4.69) is 25.5 Å². The maximum absolute atomic E-state index is 14.1. The topological polar surface area (TPSA) is 129 Å². The molecular formula is C39H51N3O7SSi. The first kappa shape index (κ1) is 39.3. The first-order valence-electron chi connectivity index (χ1n) is 17.3. The number of ether oxygens (including phenoxy) is 3. The zero-order valence-electron chi connectivity index (χ0n) is 30.7. The Morgan fingerprint density at radius 2 is 1.43 bits per heavy atom. The van der Waals surface area contributed by atoms with Gasteiger partial charge in [0, 0.05) is 16.8 Å². The highest BCUT2D eigenvalue weighted by molar-refractivity contribution is 7.92. The van der Waals surface area contributed by atoms with Crippen LogP contribution in [0.15, 0.2) is 78.9 Å². The van der Waals surface area contributed by atoms with Crippen LogP contribution < -0.4 is 34.0 Å². The summed E-state index contributed by atoms with van der Waals surface area (Å²) in [6, 6.07) is 26.8. The van der Waals surface area contributed by atoms with Crippen molar-refractivity contribution in [2.75, 3.05) is 36.8 Å². The molecule has 0 radical (unpaired) electrons. The molecule has 3 N–H and O–H groups in total. The fourth-order valence-electron chi connectivity index (χ4n) is 6.27. The summed E-state index contributed by atoms with van der Waals surface area (Å²) in [5.74, 6) is 1.33. The van der Waals surface area contributed by atoms with Gasteiger partial charge in [0.2, 0.25) is 15.9 Å².